The van der Waals surface area contributed by atoms with Crippen LogP contribution in [0.4, 0.5) is 4.39 Å². The first-order valence-corrected chi connectivity index (χ1v) is 8.73. The van der Waals surface area contributed by atoms with Gasteiger partial charge in [-0.05, 0) is 49.2 Å². The summed E-state index contributed by atoms with van der Waals surface area (Å²) in [6.45, 7) is 1.40. The van der Waals surface area contributed by atoms with E-state index in [1.807, 2.05) is 35.2 Å². The summed E-state index contributed by atoms with van der Waals surface area (Å²) in [7, 11) is 0. The largest absolute Gasteiger partial charge is 0.339 e. The van der Waals surface area contributed by atoms with Crippen LogP contribution in [-0.2, 0) is 0 Å². The van der Waals surface area contributed by atoms with Crippen LogP contribution in [0.5, 0.6) is 0 Å². The molecular weight excluding hydrogens is 331 g/mol. The second-order valence-electron chi connectivity index (χ2n) is 6.48. The van der Waals surface area contributed by atoms with Crippen LogP contribution in [0.3, 0.4) is 0 Å². The first kappa shape index (κ1) is 16.4. The van der Waals surface area contributed by atoms with E-state index in [0.29, 0.717) is 18.9 Å². The predicted molar refractivity (Wildman–Crippen MR) is 96.1 cm³/mol. The number of benzene rings is 2. The highest BCUT2D eigenvalue weighted by molar-refractivity contribution is 5.94. The maximum Gasteiger partial charge on any atom is 0.253 e. The Bertz CT molecular complexity index is 884. The lowest BCUT2D eigenvalue weighted by Gasteiger charge is -2.31. The van der Waals surface area contributed by atoms with E-state index in [9.17, 15) is 9.18 Å². The average molecular weight is 350 g/mol. The van der Waals surface area contributed by atoms with Gasteiger partial charge in [-0.2, -0.15) is 5.10 Å². The molecule has 0 unspecified atom stereocenters. The van der Waals surface area contributed by atoms with Crippen molar-refractivity contribution in [2.75, 3.05) is 13.1 Å². The lowest BCUT2D eigenvalue weighted by molar-refractivity contribution is 0.0711. The van der Waals surface area contributed by atoms with Crippen molar-refractivity contribution in [1.82, 2.24) is 20.1 Å². The van der Waals surface area contributed by atoms with Gasteiger partial charge >= 0.3 is 0 Å². The molecule has 1 aromatic heterocycles. The topological polar surface area (TPSA) is 61.9 Å². The molecule has 1 amide bonds. The standard InChI is InChI=1S/C20H19FN4O/c21-17-8-6-14(7-9-17)18-22-19(24-23-18)15-10-12-25(13-11-15)20(26)16-4-2-1-3-5-16/h1-9,15H,10-13H2,(H,22,23,24). The molecule has 1 saturated heterocycles. The first-order valence-electron chi connectivity index (χ1n) is 8.73. The van der Waals surface area contributed by atoms with Crippen LogP contribution in [0.25, 0.3) is 11.4 Å². The zero-order chi connectivity index (χ0) is 17.9. The number of aromatic amines is 1. The molecule has 1 aliphatic rings. The second-order valence-corrected chi connectivity index (χ2v) is 6.48. The number of H-pyrrole nitrogens is 1. The SMILES string of the molecule is O=C(c1ccccc1)N1CCC(c2nc(-c3ccc(F)cc3)n[nH]2)CC1. The molecule has 0 aliphatic carbocycles. The molecule has 6 heteroatoms. The predicted octanol–water partition coefficient (Wildman–Crippen LogP) is 3.63. The molecule has 0 bridgehead atoms. The normalized spacial score (nSPS) is 15.2. The van der Waals surface area contributed by atoms with Gasteiger partial charge in [-0.3, -0.25) is 9.89 Å². The van der Waals surface area contributed by atoms with Gasteiger partial charge in [0.15, 0.2) is 5.82 Å². The molecule has 4 rings (SSSR count). The van der Waals surface area contributed by atoms with E-state index >= 15 is 0 Å². The molecule has 0 atom stereocenters. The van der Waals surface area contributed by atoms with Gasteiger partial charge in [-0.25, -0.2) is 9.37 Å². The number of aromatic nitrogens is 3. The van der Waals surface area contributed by atoms with Gasteiger partial charge in [0.1, 0.15) is 11.6 Å². The number of nitrogens with zero attached hydrogens (tertiary/aromatic N) is 3. The Morgan fingerprint density at radius 3 is 2.42 bits per heavy atom. The number of hydrogen-bond acceptors (Lipinski definition) is 3. The van der Waals surface area contributed by atoms with Crippen LogP contribution in [0, 0.1) is 5.82 Å². The van der Waals surface area contributed by atoms with Crippen LogP contribution in [0.2, 0.25) is 0 Å². The van der Waals surface area contributed by atoms with Gasteiger partial charge in [-0.15, -0.1) is 0 Å². The van der Waals surface area contributed by atoms with Crippen molar-refractivity contribution in [3.8, 4) is 11.4 Å². The molecular formula is C20H19FN4O. The zero-order valence-electron chi connectivity index (χ0n) is 14.2. The molecule has 1 aliphatic heterocycles. The van der Waals surface area contributed by atoms with Crippen LogP contribution in [-0.4, -0.2) is 39.1 Å². The molecule has 0 spiro atoms. The van der Waals surface area contributed by atoms with Crippen LogP contribution < -0.4 is 0 Å². The number of hydrogen-bond donors (Lipinski definition) is 1. The van der Waals surface area contributed by atoms with Crippen molar-refractivity contribution in [1.29, 1.82) is 0 Å². The van der Waals surface area contributed by atoms with E-state index in [0.717, 1.165) is 29.8 Å². The molecule has 0 saturated carbocycles. The Kier molecular flexibility index (Phi) is 4.48. The first-order chi connectivity index (χ1) is 12.7. The number of amides is 1. The third-order valence-electron chi connectivity index (χ3n) is 4.79. The summed E-state index contributed by atoms with van der Waals surface area (Å²) >= 11 is 0. The summed E-state index contributed by atoms with van der Waals surface area (Å²) in [5.74, 6) is 1.45. The maximum absolute atomic E-state index is 13.0. The van der Waals surface area contributed by atoms with Gasteiger partial charge in [0.25, 0.3) is 5.91 Å². The van der Waals surface area contributed by atoms with Crippen molar-refractivity contribution in [2.45, 2.75) is 18.8 Å². The molecule has 2 heterocycles. The third kappa shape index (κ3) is 3.35. The number of halogens is 1. The minimum Gasteiger partial charge on any atom is -0.339 e. The fraction of sp³-hybridized carbons (Fsp3) is 0.250. The zero-order valence-corrected chi connectivity index (χ0v) is 14.2. The van der Waals surface area contributed by atoms with E-state index in [4.69, 9.17) is 0 Å². The Labute approximate surface area is 150 Å². The number of piperidine rings is 1. The van der Waals surface area contributed by atoms with Crippen molar-refractivity contribution in [2.24, 2.45) is 0 Å². The Morgan fingerprint density at radius 2 is 1.73 bits per heavy atom. The van der Waals surface area contributed by atoms with Gasteiger partial charge in [0.05, 0.1) is 0 Å². The highest BCUT2D eigenvalue weighted by atomic mass is 19.1. The van der Waals surface area contributed by atoms with Crippen molar-refractivity contribution in [3.05, 3.63) is 71.8 Å². The summed E-state index contributed by atoms with van der Waals surface area (Å²) in [4.78, 5) is 19.0. The number of carbonyl (C=O) groups excluding carboxylic acids is 1. The van der Waals surface area contributed by atoms with Crippen molar-refractivity contribution in [3.63, 3.8) is 0 Å². The fourth-order valence-electron chi connectivity index (χ4n) is 3.30. The van der Waals surface area contributed by atoms with Crippen LogP contribution in [0.1, 0.15) is 34.9 Å². The molecule has 3 aromatic rings. The van der Waals surface area contributed by atoms with E-state index in [1.54, 1.807) is 12.1 Å². The minimum absolute atomic E-state index is 0.0774. The molecule has 1 fully saturated rings. The highest BCUT2D eigenvalue weighted by Crippen LogP contribution is 2.27. The van der Waals surface area contributed by atoms with Gasteiger partial charge < -0.3 is 4.90 Å². The smallest absolute Gasteiger partial charge is 0.253 e. The summed E-state index contributed by atoms with van der Waals surface area (Å²) in [6.07, 6.45) is 1.69. The van der Waals surface area contributed by atoms with E-state index < -0.39 is 0 Å². The fourth-order valence-corrected chi connectivity index (χ4v) is 3.30. The van der Waals surface area contributed by atoms with E-state index in [2.05, 4.69) is 15.2 Å². The number of nitrogens with one attached hydrogen (secondary N) is 1. The molecule has 5 nitrogen and oxygen atoms in total. The maximum atomic E-state index is 13.0. The molecule has 26 heavy (non-hydrogen) atoms. The number of rotatable bonds is 3. The molecule has 1 N–H and O–H groups in total. The second kappa shape index (κ2) is 7.07. The Balaban J connectivity index is 1.41. The van der Waals surface area contributed by atoms with E-state index in [1.165, 1.54) is 12.1 Å². The summed E-state index contributed by atoms with van der Waals surface area (Å²) in [5.41, 5.74) is 1.51. The molecule has 132 valence electrons. The molecule has 2 aromatic carbocycles. The van der Waals surface area contributed by atoms with Crippen molar-refractivity contribution < 1.29 is 9.18 Å². The lowest BCUT2D eigenvalue weighted by atomic mass is 9.95. The Hall–Kier alpha value is -3.02. The highest BCUT2D eigenvalue weighted by Gasteiger charge is 2.26. The summed E-state index contributed by atoms with van der Waals surface area (Å²) in [6, 6.07) is 15.5. The summed E-state index contributed by atoms with van der Waals surface area (Å²) < 4.78 is 13.0. The minimum atomic E-state index is -0.278. The van der Waals surface area contributed by atoms with Gasteiger partial charge in [0.2, 0.25) is 0 Å². The van der Waals surface area contributed by atoms with Gasteiger partial charge in [-0.1, -0.05) is 18.2 Å². The summed E-state index contributed by atoms with van der Waals surface area (Å²) in [5, 5.41) is 7.26. The lowest BCUT2D eigenvalue weighted by Crippen LogP contribution is -2.38. The Morgan fingerprint density at radius 1 is 1.04 bits per heavy atom. The number of likely N-dealkylation sites (tertiary alicyclic amines) is 1. The van der Waals surface area contributed by atoms with E-state index in [-0.39, 0.29) is 17.6 Å². The average Bonchev–Trinajstić information content (AvgIpc) is 3.19. The third-order valence-corrected chi connectivity index (χ3v) is 4.79. The van der Waals surface area contributed by atoms with Crippen LogP contribution >= 0.6 is 0 Å². The molecule has 0 radical (unpaired) electrons. The quantitative estimate of drug-likeness (QED) is 0.785. The monoisotopic (exact) mass is 350 g/mol. The van der Waals surface area contributed by atoms with Crippen LogP contribution in [0.15, 0.2) is 54.6 Å². The number of carbonyl (C=O) groups is 1. The van der Waals surface area contributed by atoms with Crippen molar-refractivity contribution >= 4 is 5.91 Å². The van der Waals surface area contributed by atoms with Gasteiger partial charge in [0, 0.05) is 30.1 Å².